The molecule has 0 aliphatic heterocycles. The molecule has 0 aliphatic rings. The maximum Gasteiger partial charge on any atom is 0.250 e. The van der Waals surface area contributed by atoms with Crippen LogP contribution in [0.15, 0.2) is 42.7 Å². The molecular formula is C16H16N2O4S. The molecule has 0 saturated carbocycles. The number of para-hydroxylation sites is 1. The van der Waals surface area contributed by atoms with Gasteiger partial charge in [0.25, 0.3) is 0 Å². The molecule has 0 fully saturated rings. The van der Waals surface area contributed by atoms with Crippen LogP contribution in [0.1, 0.15) is 27.7 Å². The Bertz CT molecular complexity index is 752. The van der Waals surface area contributed by atoms with Crippen LogP contribution in [-0.2, 0) is 6.42 Å². The Hall–Kier alpha value is -2.67. The normalized spacial score (nSPS) is 10.7. The molecule has 0 aliphatic carbocycles. The van der Waals surface area contributed by atoms with Gasteiger partial charge in [0.15, 0.2) is 5.78 Å². The van der Waals surface area contributed by atoms with Gasteiger partial charge in [0, 0.05) is 4.88 Å². The van der Waals surface area contributed by atoms with E-state index in [1.54, 1.807) is 24.3 Å². The summed E-state index contributed by atoms with van der Waals surface area (Å²) in [7, 11) is 1.51. The summed E-state index contributed by atoms with van der Waals surface area (Å²) in [6.07, 6.45) is 2.78. The minimum absolute atomic E-state index is 0.185. The van der Waals surface area contributed by atoms with Gasteiger partial charge in [-0.15, -0.1) is 11.3 Å². The average Bonchev–Trinajstić information content (AvgIpc) is 2.97. The molecule has 0 atom stereocenters. The van der Waals surface area contributed by atoms with E-state index in [2.05, 4.69) is 5.32 Å². The van der Waals surface area contributed by atoms with Gasteiger partial charge in [-0.25, -0.2) is 0 Å². The van der Waals surface area contributed by atoms with Crippen LogP contribution >= 0.6 is 11.3 Å². The number of aryl methyl sites for hydroxylation is 1. The molecule has 0 bridgehead atoms. The summed E-state index contributed by atoms with van der Waals surface area (Å²) < 4.78 is 5.23. The van der Waals surface area contributed by atoms with Crippen LogP contribution in [0.25, 0.3) is 0 Å². The smallest absolute Gasteiger partial charge is 0.250 e. The highest BCUT2D eigenvalue weighted by molar-refractivity contribution is 7.16. The fourth-order valence-corrected chi connectivity index (χ4v) is 3.02. The quantitative estimate of drug-likeness (QED) is 0.475. The van der Waals surface area contributed by atoms with Crippen molar-refractivity contribution in [1.82, 2.24) is 0 Å². The SMILES string of the molecule is CCc1cc(C(=O)c2ccccc2OC)c(N/C=C/[N+](=O)[O-])s1. The minimum atomic E-state index is -0.566. The van der Waals surface area contributed by atoms with Crippen LogP contribution in [0, 0.1) is 10.1 Å². The number of thiophene rings is 1. The Balaban J connectivity index is 2.39. The highest BCUT2D eigenvalue weighted by Crippen LogP contribution is 2.32. The number of hydrogen-bond donors (Lipinski definition) is 1. The summed E-state index contributed by atoms with van der Waals surface area (Å²) in [5, 5.41) is 13.8. The van der Waals surface area contributed by atoms with Gasteiger partial charge in [-0.3, -0.25) is 14.9 Å². The molecule has 0 amide bonds. The fraction of sp³-hybridized carbons (Fsp3) is 0.188. The van der Waals surface area contributed by atoms with E-state index in [0.29, 0.717) is 21.9 Å². The lowest BCUT2D eigenvalue weighted by molar-refractivity contribution is -0.402. The predicted molar refractivity (Wildman–Crippen MR) is 89.9 cm³/mol. The molecule has 1 aromatic heterocycles. The Morgan fingerprint density at radius 3 is 2.78 bits per heavy atom. The van der Waals surface area contributed by atoms with Gasteiger partial charge < -0.3 is 10.1 Å². The third kappa shape index (κ3) is 3.95. The number of rotatable bonds is 7. The number of methoxy groups -OCH3 is 1. The summed E-state index contributed by atoms with van der Waals surface area (Å²) in [5.41, 5.74) is 0.932. The molecule has 2 aromatic rings. The van der Waals surface area contributed by atoms with Gasteiger partial charge in [0.1, 0.15) is 10.8 Å². The molecule has 1 aromatic carbocycles. The summed E-state index contributed by atoms with van der Waals surface area (Å²) in [6.45, 7) is 1.99. The zero-order chi connectivity index (χ0) is 16.8. The highest BCUT2D eigenvalue weighted by Gasteiger charge is 2.20. The third-order valence-corrected chi connectivity index (χ3v) is 4.35. The van der Waals surface area contributed by atoms with Crippen molar-refractivity contribution in [3.05, 3.63) is 68.9 Å². The molecule has 7 heteroatoms. The second-order valence-corrected chi connectivity index (χ2v) is 5.72. The summed E-state index contributed by atoms with van der Waals surface area (Å²) in [5.74, 6) is 0.309. The van der Waals surface area contributed by atoms with Crippen molar-refractivity contribution in [2.24, 2.45) is 0 Å². The van der Waals surface area contributed by atoms with E-state index in [4.69, 9.17) is 4.74 Å². The lowest BCUT2D eigenvalue weighted by Crippen LogP contribution is -2.05. The van der Waals surface area contributed by atoms with Crippen molar-refractivity contribution in [2.75, 3.05) is 12.4 Å². The first-order valence-electron chi connectivity index (χ1n) is 6.94. The maximum absolute atomic E-state index is 12.8. The number of nitrogens with one attached hydrogen (secondary N) is 1. The lowest BCUT2D eigenvalue weighted by atomic mass is 10.0. The number of carbonyl (C=O) groups excluding carboxylic acids is 1. The topological polar surface area (TPSA) is 81.5 Å². The molecule has 6 nitrogen and oxygen atoms in total. The molecule has 0 unspecified atom stereocenters. The van der Waals surface area contributed by atoms with Crippen molar-refractivity contribution in [3.63, 3.8) is 0 Å². The number of nitrogens with zero attached hydrogens (tertiary/aromatic N) is 1. The number of ketones is 1. The maximum atomic E-state index is 12.8. The first kappa shape index (κ1) is 16.7. The van der Waals surface area contributed by atoms with E-state index in [0.717, 1.165) is 17.5 Å². The Labute approximate surface area is 137 Å². The minimum Gasteiger partial charge on any atom is -0.496 e. The van der Waals surface area contributed by atoms with Gasteiger partial charge in [0.05, 0.1) is 29.4 Å². The van der Waals surface area contributed by atoms with Crippen LogP contribution in [0.2, 0.25) is 0 Å². The van der Waals surface area contributed by atoms with E-state index in [1.165, 1.54) is 24.6 Å². The molecule has 0 saturated heterocycles. The highest BCUT2D eigenvalue weighted by atomic mass is 32.1. The number of ether oxygens (including phenoxy) is 1. The van der Waals surface area contributed by atoms with E-state index >= 15 is 0 Å². The number of benzene rings is 1. The van der Waals surface area contributed by atoms with Gasteiger partial charge in [-0.05, 0) is 24.6 Å². The van der Waals surface area contributed by atoms with Crippen molar-refractivity contribution < 1.29 is 14.5 Å². The average molecular weight is 332 g/mol. The first-order chi connectivity index (χ1) is 11.1. The lowest BCUT2D eigenvalue weighted by Gasteiger charge is -2.07. The standard InChI is InChI=1S/C16H16N2O4S/c1-3-11-10-13(16(23-11)17-8-9-18(20)21)15(19)12-6-4-5-7-14(12)22-2/h4-10,17H,3H2,1-2H3/b9-8+. The van der Waals surface area contributed by atoms with E-state index in [9.17, 15) is 14.9 Å². The van der Waals surface area contributed by atoms with Crippen LogP contribution in [0.4, 0.5) is 5.00 Å². The number of nitro groups is 1. The summed E-state index contributed by atoms with van der Waals surface area (Å²) in [6, 6.07) is 8.78. The van der Waals surface area contributed by atoms with E-state index < -0.39 is 4.92 Å². The van der Waals surface area contributed by atoms with Crippen molar-refractivity contribution in [3.8, 4) is 5.75 Å². The molecule has 1 N–H and O–H groups in total. The van der Waals surface area contributed by atoms with E-state index in [-0.39, 0.29) is 5.78 Å². The molecule has 120 valence electrons. The van der Waals surface area contributed by atoms with Crippen LogP contribution in [0.5, 0.6) is 5.75 Å². The van der Waals surface area contributed by atoms with Crippen LogP contribution < -0.4 is 10.1 Å². The molecule has 0 spiro atoms. The van der Waals surface area contributed by atoms with Gasteiger partial charge in [-0.1, -0.05) is 19.1 Å². The molecular weight excluding hydrogens is 316 g/mol. The molecule has 23 heavy (non-hydrogen) atoms. The zero-order valence-electron chi connectivity index (χ0n) is 12.7. The Kier molecular flexibility index (Phi) is 5.48. The molecule has 1 heterocycles. The Morgan fingerprint density at radius 1 is 1.39 bits per heavy atom. The summed E-state index contributed by atoms with van der Waals surface area (Å²) in [4.78, 5) is 23.6. The second-order valence-electron chi connectivity index (χ2n) is 4.58. The zero-order valence-corrected chi connectivity index (χ0v) is 13.6. The number of hydrogen-bond acceptors (Lipinski definition) is 6. The number of carbonyl (C=O) groups is 1. The largest absolute Gasteiger partial charge is 0.496 e. The number of anilines is 1. The molecule has 2 rings (SSSR count). The molecule has 0 radical (unpaired) electrons. The van der Waals surface area contributed by atoms with Gasteiger partial charge >= 0.3 is 0 Å². The first-order valence-corrected chi connectivity index (χ1v) is 7.75. The van der Waals surface area contributed by atoms with Crippen LogP contribution in [-0.4, -0.2) is 17.8 Å². The van der Waals surface area contributed by atoms with Gasteiger partial charge in [0.2, 0.25) is 6.20 Å². The van der Waals surface area contributed by atoms with E-state index in [1.807, 2.05) is 13.0 Å². The second kappa shape index (κ2) is 7.55. The van der Waals surface area contributed by atoms with Gasteiger partial charge in [-0.2, -0.15) is 0 Å². The third-order valence-electron chi connectivity index (χ3n) is 3.14. The van der Waals surface area contributed by atoms with Crippen LogP contribution in [0.3, 0.4) is 0 Å². The van der Waals surface area contributed by atoms with Crippen molar-refractivity contribution in [2.45, 2.75) is 13.3 Å². The Morgan fingerprint density at radius 2 is 2.13 bits per heavy atom. The summed E-state index contributed by atoms with van der Waals surface area (Å²) >= 11 is 1.40. The fourth-order valence-electron chi connectivity index (χ4n) is 2.04. The van der Waals surface area contributed by atoms with Crippen molar-refractivity contribution in [1.29, 1.82) is 0 Å². The van der Waals surface area contributed by atoms with Crippen molar-refractivity contribution >= 4 is 22.1 Å². The predicted octanol–water partition coefficient (Wildman–Crippen LogP) is 3.71. The monoisotopic (exact) mass is 332 g/mol.